The summed E-state index contributed by atoms with van der Waals surface area (Å²) < 4.78 is 5.56. The summed E-state index contributed by atoms with van der Waals surface area (Å²) in [4.78, 5) is 34.7. The van der Waals surface area contributed by atoms with Gasteiger partial charge in [-0.1, -0.05) is 12.1 Å². The molecule has 0 saturated carbocycles. The number of nitrogens with one attached hydrogen (secondary N) is 1. The summed E-state index contributed by atoms with van der Waals surface area (Å²) in [7, 11) is 0. The van der Waals surface area contributed by atoms with Gasteiger partial charge in [-0.3, -0.25) is 4.79 Å². The van der Waals surface area contributed by atoms with E-state index in [-0.39, 0.29) is 11.7 Å². The molecule has 1 N–H and O–H groups in total. The third-order valence-corrected chi connectivity index (χ3v) is 4.37. The number of thiophene rings is 1. The molecule has 0 saturated heterocycles. The SMILES string of the molecule is O=C(Nc1cccc(Oc2ccc(C(=O)[O-])c(C(=O)[O-])c2)c1)c1cccs1. The molecule has 0 spiro atoms. The standard InChI is InChI=1S/C19H13NO6S/c21-17(16-5-2-8-27-16)20-11-3-1-4-12(9-11)26-13-6-7-14(18(22)23)15(10-13)19(24)25/h1-10H,(H,20,21)(H,22,23)(H,24,25)/p-2. The third-order valence-electron chi connectivity index (χ3n) is 3.50. The largest absolute Gasteiger partial charge is 0.545 e. The van der Waals surface area contributed by atoms with E-state index in [2.05, 4.69) is 5.32 Å². The third kappa shape index (κ3) is 4.31. The van der Waals surface area contributed by atoms with Crippen LogP contribution in [0.1, 0.15) is 30.4 Å². The molecule has 0 unspecified atom stereocenters. The maximum absolute atomic E-state index is 12.1. The van der Waals surface area contributed by atoms with E-state index < -0.39 is 23.1 Å². The Morgan fingerprint density at radius 3 is 2.26 bits per heavy atom. The second kappa shape index (κ2) is 7.71. The highest BCUT2D eigenvalue weighted by Gasteiger charge is 2.10. The van der Waals surface area contributed by atoms with Crippen LogP contribution in [0.25, 0.3) is 0 Å². The molecule has 0 aliphatic carbocycles. The number of anilines is 1. The van der Waals surface area contributed by atoms with E-state index >= 15 is 0 Å². The first-order chi connectivity index (χ1) is 12.9. The van der Waals surface area contributed by atoms with Gasteiger partial charge in [-0.25, -0.2) is 0 Å². The summed E-state index contributed by atoms with van der Waals surface area (Å²) >= 11 is 1.31. The van der Waals surface area contributed by atoms with E-state index in [1.807, 2.05) is 0 Å². The Labute approximate surface area is 157 Å². The zero-order valence-corrected chi connectivity index (χ0v) is 14.4. The molecule has 7 nitrogen and oxygen atoms in total. The van der Waals surface area contributed by atoms with Gasteiger partial charge in [-0.2, -0.15) is 0 Å². The molecule has 1 aromatic heterocycles. The zero-order valence-electron chi connectivity index (χ0n) is 13.6. The van der Waals surface area contributed by atoms with Gasteiger partial charge in [-0.05, 0) is 41.8 Å². The number of carbonyl (C=O) groups is 3. The van der Waals surface area contributed by atoms with E-state index in [0.717, 1.165) is 12.1 Å². The van der Waals surface area contributed by atoms with Gasteiger partial charge < -0.3 is 29.9 Å². The monoisotopic (exact) mass is 381 g/mol. The number of carbonyl (C=O) groups excluding carboxylic acids is 3. The van der Waals surface area contributed by atoms with Crippen molar-refractivity contribution >= 4 is 34.9 Å². The van der Waals surface area contributed by atoms with Crippen molar-refractivity contribution in [3.05, 3.63) is 76.0 Å². The van der Waals surface area contributed by atoms with Gasteiger partial charge >= 0.3 is 0 Å². The highest BCUT2D eigenvalue weighted by molar-refractivity contribution is 7.12. The summed E-state index contributed by atoms with van der Waals surface area (Å²) in [5.41, 5.74) is -0.564. The number of carboxylic acid groups (broad SMARTS) is 2. The molecular weight excluding hydrogens is 370 g/mol. The van der Waals surface area contributed by atoms with Crippen LogP contribution >= 0.6 is 11.3 Å². The number of hydrogen-bond acceptors (Lipinski definition) is 7. The quantitative estimate of drug-likeness (QED) is 0.691. The molecule has 0 aliphatic heterocycles. The number of ether oxygens (including phenoxy) is 1. The molecule has 0 radical (unpaired) electrons. The number of benzene rings is 2. The lowest BCUT2D eigenvalue weighted by Crippen LogP contribution is -2.30. The van der Waals surface area contributed by atoms with Crippen molar-refractivity contribution in [2.75, 3.05) is 5.32 Å². The number of carboxylic acids is 2. The van der Waals surface area contributed by atoms with Crippen molar-refractivity contribution in [2.45, 2.75) is 0 Å². The molecule has 1 heterocycles. The Morgan fingerprint density at radius 2 is 1.59 bits per heavy atom. The molecule has 8 heteroatoms. The van der Waals surface area contributed by atoms with Crippen LogP contribution in [0.5, 0.6) is 11.5 Å². The predicted molar refractivity (Wildman–Crippen MR) is 93.9 cm³/mol. The Morgan fingerprint density at radius 1 is 0.852 bits per heavy atom. The maximum atomic E-state index is 12.1. The Kier molecular flexibility index (Phi) is 5.18. The van der Waals surface area contributed by atoms with Gasteiger partial charge in [0, 0.05) is 22.9 Å². The van der Waals surface area contributed by atoms with Crippen molar-refractivity contribution in [3.63, 3.8) is 0 Å². The summed E-state index contributed by atoms with van der Waals surface area (Å²) in [6.07, 6.45) is 0. The Bertz CT molecular complexity index is 1010. The van der Waals surface area contributed by atoms with Crippen LogP contribution in [-0.4, -0.2) is 17.8 Å². The topological polar surface area (TPSA) is 119 Å². The van der Waals surface area contributed by atoms with E-state index in [1.54, 1.807) is 41.8 Å². The smallest absolute Gasteiger partial charge is 0.265 e. The minimum atomic E-state index is -1.66. The van der Waals surface area contributed by atoms with Crippen LogP contribution in [-0.2, 0) is 0 Å². The predicted octanol–water partition coefficient (Wildman–Crippen LogP) is 1.52. The minimum absolute atomic E-state index is 0.0981. The summed E-state index contributed by atoms with van der Waals surface area (Å²) in [6, 6.07) is 13.3. The van der Waals surface area contributed by atoms with E-state index in [9.17, 15) is 24.6 Å². The molecule has 3 aromatic rings. The minimum Gasteiger partial charge on any atom is -0.545 e. The number of hydrogen-bond donors (Lipinski definition) is 1. The highest BCUT2D eigenvalue weighted by Crippen LogP contribution is 2.26. The van der Waals surface area contributed by atoms with Crippen molar-refractivity contribution in [1.29, 1.82) is 0 Å². The first-order valence-electron chi connectivity index (χ1n) is 7.63. The molecule has 0 fully saturated rings. The van der Waals surface area contributed by atoms with Crippen LogP contribution in [0, 0.1) is 0 Å². The first-order valence-corrected chi connectivity index (χ1v) is 8.51. The van der Waals surface area contributed by atoms with E-state index in [1.165, 1.54) is 17.4 Å². The van der Waals surface area contributed by atoms with Crippen LogP contribution < -0.4 is 20.3 Å². The van der Waals surface area contributed by atoms with Gasteiger partial charge in [0.05, 0.1) is 16.8 Å². The number of rotatable bonds is 6. The second-order valence-electron chi connectivity index (χ2n) is 5.34. The highest BCUT2D eigenvalue weighted by atomic mass is 32.1. The van der Waals surface area contributed by atoms with E-state index in [0.29, 0.717) is 16.3 Å². The fourth-order valence-electron chi connectivity index (χ4n) is 2.31. The molecule has 27 heavy (non-hydrogen) atoms. The summed E-state index contributed by atoms with van der Waals surface area (Å²) in [5, 5.41) is 26.6. The van der Waals surface area contributed by atoms with Crippen LogP contribution in [0.4, 0.5) is 5.69 Å². The second-order valence-corrected chi connectivity index (χ2v) is 6.29. The molecule has 3 rings (SSSR count). The van der Waals surface area contributed by atoms with Crippen molar-refractivity contribution < 1.29 is 29.3 Å². The maximum Gasteiger partial charge on any atom is 0.265 e. The average Bonchev–Trinajstić information content (AvgIpc) is 3.16. The average molecular weight is 381 g/mol. The lowest BCUT2D eigenvalue weighted by Gasteiger charge is -2.14. The molecule has 0 bridgehead atoms. The van der Waals surface area contributed by atoms with Crippen molar-refractivity contribution in [1.82, 2.24) is 0 Å². The normalized spacial score (nSPS) is 10.2. The molecule has 136 valence electrons. The van der Waals surface area contributed by atoms with Gasteiger partial charge in [0.15, 0.2) is 0 Å². The van der Waals surface area contributed by atoms with Gasteiger partial charge in [0.25, 0.3) is 5.91 Å². The van der Waals surface area contributed by atoms with Crippen molar-refractivity contribution in [3.8, 4) is 11.5 Å². The van der Waals surface area contributed by atoms with Crippen molar-refractivity contribution in [2.24, 2.45) is 0 Å². The van der Waals surface area contributed by atoms with Gasteiger partial charge in [0.2, 0.25) is 0 Å². The van der Waals surface area contributed by atoms with Crippen LogP contribution in [0.15, 0.2) is 60.0 Å². The van der Waals surface area contributed by atoms with Gasteiger partial charge in [-0.15, -0.1) is 11.3 Å². The molecule has 0 aliphatic rings. The lowest BCUT2D eigenvalue weighted by molar-refractivity contribution is -0.259. The van der Waals surface area contributed by atoms with Gasteiger partial charge in [0.1, 0.15) is 11.5 Å². The number of amides is 1. The molecular formula is C19H11NO6S-2. The van der Waals surface area contributed by atoms with E-state index in [4.69, 9.17) is 4.74 Å². The Hall–Kier alpha value is -3.65. The molecule has 1 amide bonds. The first kappa shape index (κ1) is 18.2. The van der Waals surface area contributed by atoms with Crippen LogP contribution in [0.2, 0.25) is 0 Å². The van der Waals surface area contributed by atoms with Crippen LogP contribution in [0.3, 0.4) is 0 Å². The molecule has 0 atom stereocenters. The lowest BCUT2D eigenvalue weighted by atomic mass is 10.1. The fraction of sp³-hybridized carbons (Fsp3) is 0. The molecule has 2 aromatic carbocycles. The Balaban J connectivity index is 1.80. The zero-order chi connectivity index (χ0) is 19.4. The summed E-state index contributed by atoms with van der Waals surface area (Å²) in [6.45, 7) is 0. The summed E-state index contributed by atoms with van der Waals surface area (Å²) in [5.74, 6) is -3.12. The fourth-order valence-corrected chi connectivity index (χ4v) is 2.93. The number of aromatic carboxylic acids is 2.